The Kier molecular flexibility index (Phi) is 5.77. The summed E-state index contributed by atoms with van der Waals surface area (Å²) in [4.78, 5) is 0. The summed E-state index contributed by atoms with van der Waals surface area (Å²) in [5.41, 5.74) is 0.191. The van der Waals surface area contributed by atoms with Gasteiger partial charge in [-0.1, -0.05) is 34.1 Å². The lowest BCUT2D eigenvalue weighted by Gasteiger charge is -2.27. The molecule has 0 aliphatic carbocycles. The van der Waals surface area contributed by atoms with E-state index in [0.717, 1.165) is 19.3 Å². The predicted molar refractivity (Wildman–Crippen MR) is 60.0 cm³/mol. The lowest BCUT2D eigenvalue weighted by atomic mass is 9.80. The van der Waals surface area contributed by atoms with Gasteiger partial charge in [-0.05, 0) is 24.2 Å². The summed E-state index contributed by atoms with van der Waals surface area (Å²) in [7, 11) is -4.29. The summed E-state index contributed by atoms with van der Waals surface area (Å²) in [5, 5.41) is 0. The van der Waals surface area contributed by atoms with Crippen LogP contribution in [-0.2, 0) is 14.6 Å². The summed E-state index contributed by atoms with van der Waals surface area (Å²) >= 11 is 0. The van der Waals surface area contributed by atoms with Crippen molar-refractivity contribution in [1.82, 2.24) is 0 Å². The molecule has 0 heterocycles. The van der Waals surface area contributed by atoms with Crippen molar-refractivity contribution >= 4 is 10.4 Å². The molecule has 0 radical (unpaired) electrons. The van der Waals surface area contributed by atoms with Crippen molar-refractivity contribution in [3.63, 3.8) is 0 Å². The molecule has 0 aromatic carbocycles. The van der Waals surface area contributed by atoms with Crippen LogP contribution >= 0.6 is 0 Å². The normalized spacial score (nSPS) is 15.3. The van der Waals surface area contributed by atoms with Crippen LogP contribution in [0.1, 0.15) is 47.0 Å². The fourth-order valence-electron chi connectivity index (χ4n) is 1.98. The van der Waals surface area contributed by atoms with Crippen LogP contribution in [0.25, 0.3) is 0 Å². The first-order valence-corrected chi connectivity index (χ1v) is 6.64. The summed E-state index contributed by atoms with van der Waals surface area (Å²) < 4.78 is 33.5. The van der Waals surface area contributed by atoms with Gasteiger partial charge in [0.25, 0.3) is 0 Å². The largest absolute Gasteiger partial charge is 0.397 e. The molecule has 1 N–H and O–H groups in total. The van der Waals surface area contributed by atoms with E-state index in [9.17, 15) is 8.42 Å². The molecule has 0 saturated carbocycles. The third-order valence-electron chi connectivity index (χ3n) is 2.33. The van der Waals surface area contributed by atoms with Crippen molar-refractivity contribution in [2.24, 2.45) is 11.3 Å². The second-order valence-corrected chi connectivity index (χ2v) is 6.03. The molecule has 0 spiro atoms. The van der Waals surface area contributed by atoms with Gasteiger partial charge in [0.05, 0.1) is 6.61 Å². The van der Waals surface area contributed by atoms with Gasteiger partial charge in [-0.2, -0.15) is 8.42 Å². The molecule has 0 amide bonds. The van der Waals surface area contributed by atoms with E-state index in [2.05, 4.69) is 25.0 Å². The molecular formula is C10H22O4S. The summed E-state index contributed by atoms with van der Waals surface area (Å²) in [6.07, 6.45) is 3.10. The van der Waals surface area contributed by atoms with E-state index in [1.807, 2.05) is 6.92 Å². The molecule has 0 bridgehead atoms. The molecule has 5 heteroatoms. The lowest BCUT2D eigenvalue weighted by Crippen LogP contribution is -2.20. The molecular weight excluding hydrogens is 216 g/mol. The Bertz CT molecular complexity index is 269. The van der Waals surface area contributed by atoms with Gasteiger partial charge in [0.15, 0.2) is 0 Å². The maximum absolute atomic E-state index is 10.4. The predicted octanol–water partition coefficient (Wildman–Crippen LogP) is 2.66. The van der Waals surface area contributed by atoms with Crippen LogP contribution in [0.2, 0.25) is 0 Å². The van der Waals surface area contributed by atoms with Gasteiger partial charge in [-0.3, -0.25) is 4.55 Å². The van der Waals surface area contributed by atoms with Crippen LogP contribution in [0.3, 0.4) is 0 Å². The zero-order valence-electron chi connectivity index (χ0n) is 9.99. The summed E-state index contributed by atoms with van der Waals surface area (Å²) in [6.45, 7) is 8.40. The van der Waals surface area contributed by atoms with Crippen LogP contribution in [0.5, 0.6) is 0 Å². The molecule has 0 aromatic heterocycles. The van der Waals surface area contributed by atoms with Crippen LogP contribution in [-0.4, -0.2) is 19.6 Å². The smallest absolute Gasteiger partial charge is 0.264 e. The Morgan fingerprint density at radius 2 is 1.93 bits per heavy atom. The second-order valence-electron chi connectivity index (χ2n) is 4.94. The third-order valence-corrected chi connectivity index (χ3v) is 2.76. The number of hydrogen-bond acceptors (Lipinski definition) is 3. The SMILES string of the molecule is CCCC(C)(C)CC(C)COS(=O)(=O)O. The van der Waals surface area contributed by atoms with Gasteiger partial charge >= 0.3 is 10.4 Å². The van der Waals surface area contributed by atoms with E-state index >= 15 is 0 Å². The van der Waals surface area contributed by atoms with E-state index in [-0.39, 0.29) is 17.9 Å². The summed E-state index contributed by atoms with van der Waals surface area (Å²) in [6, 6.07) is 0. The third kappa shape index (κ3) is 8.84. The zero-order chi connectivity index (χ0) is 12.1. The van der Waals surface area contributed by atoms with Crippen LogP contribution < -0.4 is 0 Å². The molecule has 0 saturated heterocycles. The highest BCUT2D eigenvalue weighted by molar-refractivity contribution is 7.80. The van der Waals surface area contributed by atoms with Crippen molar-refractivity contribution in [2.75, 3.05) is 6.61 Å². The zero-order valence-corrected chi connectivity index (χ0v) is 10.8. The summed E-state index contributed by atoms with van der Waals surface area (Å²) in [5.74, 6) is 0.119. The Labute approximate surface area is 93.0 Å². The highest BCUT2D eigenvalue weighted by Gasteiger charge is 2.21. The maximum Gasteiger partial charge on any atom is 0.397 e. The Morgan fingerprint density at radius 1 is 1.40 bits per heavy atom. The Hall–Kier alpha value is -0.130. The average molecular weight is 238 g/mol. The first kappa shape index (κ1) is 14.9. The van der Waals surface area contributed by atoms with Gasteiger partial charge in [0.2, 0.25) is 0 Å². The fourth-order valence-corrected chi connectivity index (χ4v) is 2.39. The second kappa shape index (κ2) is 5.82. The molecule has 15 heavy (non-hydrogen) atoms. The van der Waals surface area contributed by atoms with E-state index in [1.54, 1.807) is 0 Å². The van der Waals surface area contributed by atoms with Crippen LogP contribution in [0.15, 0.2) is 0 Å². The van der Waals surface area contributed by atoms with Gasteiger partial charge in [-0.15, -0.1) is 0 Å². The van der Waals surface area contributed by atoms with E-state index in [0.29, 0.717) is 0 Å². The minimum Gasteiger partial charge on any atom is -0.264 e. The molecule has 0 aromatic rings. The van der Waals surface area contributed by atoms with Gasteiger partial charge in [0.1, 0.15) is 0 Å². The first-order valence-electron chi connectivity index (χ1n) is 5.28. The van der Waals surface area contributed by atoms with Gasteiger partial charge < -0.3 is 0 Å². The van der Waals surface area contributed by atoms with E-state index < -0.39 is 10.4 Å². The van der Waals surface area contributed by atoms with E-state index in [4.69, 9.17) is 4.55 Å². The Balaban J connectivity index is 3.98. The molecule has 0 fully saturated rings. The lowest BCUT2D eigenvalue weighted by molar-refractivity contribution is 0.177. The average Bonchev–Trinajstić information content (AvgIpc) is 1.98. The van der Waals surface area contributed by atoms with Crippen LogP contribution in [0.4, 0.5) is 0 Å². The number of hydrogen-bond donors (Lipinski definition) is 1. The monoisotopic (exact) mass is 238 g/mol. The van der Waals surface area contributed by atoms with E-state index in [1.165, 1.54) is 0 Å². The fraction of sp³-hybridized carbons (Fsp3) is 1.00. The molecule has 0 rings (SSSR count). The standard InChI is InChI=1S/C10H22O4S/c1-5-6-10(3,4)7-9(2)8-14-15(11,12)13/h9H,5-8H2,1-4H3,(H,11,12,13). The van der Waals surface area contributed by atoms with Crippen molar-refractivity contribution in [2.45, 2.75) is 47.0 Å². The molecule has 1 atom stereocenters. The van der Waals surface area contributed by atoms with Gasteiger partial charge in [0, 0.05) is 0 Å². The highest BCUT2D eigenvalue weighted by atomic mass is 32.3. The van der Waals surface area contributed by atoms with Crippen LogP contribution in [0, 0.1) is 11.3 Å². The molecule has 4 nitrogen and oxygen atoms in total. The number of rotatable bonds is 7. The Morgan fingerprint density at radius 3 is 2.33 bits per heavy atom. The molecule has 0 aliphatic rings. The topological polar surface area (TPSA) is 63.6 Å². The van der Waals surface area contributed by atoms with Gasteiger partial charge in [-0.25, -0.2) is 4.18 Å². The first-order chi connectivity index (χ1) is 6.66. The maximum atomic E-state index is 10.4. The van der Waals surface area contributed by atoms with Crippen molar-refractivity contribution in [3.05, 3.63) is 0 Å². The minimum atomic E-state index is -4.29. The highest BCUT2D eigenvalue weighted by Crippen LogP contribution is 2.30. The van der Waals surface area contributed by atoms with Crippen molar-refractivity contribution in [3.8, 4) is 0 Å². The quantitative estimate of drug-likeness (QED) is 0.692. The minimum absolute atomic E-state index is 0.0476. The van der Waals surface area contributed by atoms with Crippen molar-refractivity contribution < 1.29 is 17.2 Å². The molecule has 92 valence electrons. The molecule has 0 aliphatic heterocycles. The molecule has 1 unspecified atom stereocenters. The van der Waals surface area contributed by atoms with Crippen molar-refractivity contribution in [1.29, 1.82) is 0 Å².